The summed E-state index contributed by atoms with van der Waals surface area (Å²) in [5.74, 6) is -1.02. The van der Waals surface area contributed by atoms with Crippen LogP contribution in [0.2, 0.25) is 0 Å². The van der Waals surface area contributed by atoms with E-state index in [1.54, 1.807) is 0 Å². The van der Waals surface area contributed by atoms with Gasteiger partial charge in [-0.25, -0.2) is 0 Å². The summed E-state index contributed by atoms with van der Waals surface area (Å²) in [7, 11) is 0. The van der Waals surface area contributed by atoms with Crippen LogP contribution >= 0.6 is 0 Å². The van der Waals surface area contributed by atoms with Gasteiger partial charge in [-0.3, -0.25) is 14.4 Å². The third-order valence-electron chi connectivity index (χ3n) is 10.0. The van der Waals surface area contributed by atoms with Crippen LogP contribution in [0.3, 0.4) is 0 Å². The highest BCUT2D eigenvalue weighted by Crippen LogP contribution is 2.13. The van der Waals surface area contributed by atoms with E-state index < -0.39 is 6.10 Å². The smallest absolute Gasteiger partial charge is 0.306 e. The van der Waals surface area contributed by atoms with Crippen molar-refractivity contribution in [3.05, 3.63) is 109 Å². The van der Waals surface area contributed by atoms with E-state index in [-0.39, 0.29) is 37.5 Å². The van der Waals surface area contributed by atoms with Gasteiger partial charge in [0.1, 0.15) is 13.2 Å². The van der Waals surface area contributed by atoms with Crippen LogP contribution in [0.25, 0.3) is 0 Å². The van der Waals surface area contributed by atoms with E-state index in [0.29, 0.717) is 19.3 Å². The molecule has 0 aliphatic rings. The van der Waals surface area contributed by atoms with Gasteiger partial charge in [-0.2, -0.15) is 0 Å². The Balaban J connectivity index is 4.49. The molecular weight excluding hydrogens is 769 g/mol. The van der Waals surface area contributed by atoms with Gasteiger partial charge in [0.25, 0.3) is 0 Å². The maximum atomic E-state index is 12.8. The van der Waals surface area contributed by atoms with Crippen LogP contribution in [0.5, 0.6) is 0 Å². The molecule has 350 valence electrons. The van der Waals surface area contributed by atoms with E-state index in [0.717, 1.165) is 109 Å². The lowest BCUT2D eigenvalue weighted by Crippen LogP contribution is -2.30. The van der Waals surface area contributed by atoms with Crippen LogP contribution in [0.15, 0.2) is 109 Å². The minimum atomic E-state index is -0.814. The minimum absolute atomic E-state index is 0.108. The third kappa shape index (κ3) is 47.1. The van der Waals surface area contributed by atoms with Gasteiger partial charge in [0.15, 0.2) is 6.10 Å². The van der Waals surface area contributed by atoms with E-state index >= 15 is 0 Å². The molecule has 0 aliphatic carbocycles. The second-order valence-corrected chi connectivity index (χ2v) is 16.0. The van der Waals surface area contributed by atoms with E-state index in [9.17, 15) is 14.4 Å². The van der Waals surface area contributed by atoms with Crippen molar-refractivity contribution >= 4 is 17.9 Å². The Morgan fingerprint density at radius 2 is 0.661 bits per heavy atom. The third-order valence-corrected chi connectivity index (χ3v) is 10.0. The van der Waals surface area contributed by atoms with E-state index in [4.69, 9.17) is 14.2 Å². The number of unbranched alkanes of at least 4 members (excludes halogenated alkanes) is 14. The zero-order valence-corrected chi connectivity index (χ0v) is 39.8. The highest BCUT2D eigenvalue weighted by Gasteiger charge is 2.19. The summed E-state index contributed by atoms with van der Waals surface area (Å²) in [6, 6.07) is 0. The lowest BCUT2D eigenvalue weighted by Gasteiger charge is -2.18. The number of esters is 3. The average molecular weight is 859 g/mol. The van der Waals surface area contributed by atoms with Crippen LogP contribution in [-0.2, 0) is 28.6 Å². The molecule has 0 spiro atoms. The van der Waals surface area contributed by atoms with Crippen LogP contribution < -0.4 is 0 Å². The fourth-order valence-corrected chi connectivity index (χ4v) is 6.36. The van der Waals surface area contributed by atoms with Gasteiger partial charge >= 0.3 is 17.9 Å². The number of hydrogen-bond donors (Lipinski definition) is 0. The molecule has 0 saturated heterocycles. The molecule has 0 rings (SSSR count). The van der Waals surface area contributed by atoms with Gasteiger partial charge < -0.3 is 14.2 Å². The number of carbonyl (C=O) groups is 3. The zero-order chi connectivity index (χ0) is 45.1. The SMILES string of the molecule is CC/C=C\C/C=C\C/C=C\C/C=C\C/C=C\C/C=C\CCC(=O)OCC(COC(=O)CCCCCCCCCCC)OC(=O)CCCCCCCC/C=C\C/C=C\C/C=C\CC. The van der Waals surface area contributed by atoms with Gasteiger partial charge in [0, 0.05) is 19.3 Å². The Morgan fingerprint density at radius 3 is 1.08 bits per heavy atom. The number of ether oxygens (including phenoxy) is 3. The summed E-state index contributed by atoms with van der Waals surface area (Å²) in [6.07, 6.45) is 66.6. The fraction of sp³-hybridized carbons (Fsp3) is 0.625. The molecule has 1 unspecified atom stereocenters. The predicted molar refractivity (Wildman–Crippen MR) is 265 cm³/mol. The molecule has 62 heavy (non-hydrogen) atoms. The minimum Gasteiger partial charge on any atom is -0.462 e. The molecule has 0 saturated carbocycles. The fourth-order valence-electron chi connectivity index (χ4n) is 6.36. The monoisotopic (exact) mass is 859 g/mol. The van der Waals surface area contributed by atoms with Crippen LogP contribution in [-0.4, -0.2) is 37.2 Å². The topological polar surface area (TPSA) is 78.9 Å². The van der Waals surface area contributed by atoms with Gasteiger partial charge in [-0.15, -0.1) is 0 Å². The zero-order valence-electron chi connectivity index (χ0n) is 39.8. The summed E-state index contributed by atoms with van der Waals surface area (Å²) in [5, 5.41) is 0. The molecule has 0 aromatic rings. The van der Waals surface area contributed by atoms with Gasteiger partial charge in [-0.05, 0) is 89.9 Å². The maximum Gasteiger partial charge on any atom is 0.306 e. The highest BCUT2D eigenvalue weighted by atomic mass is 16.6. The first-order valence-corrected chi connectivity index (χ1v) is 24.9. The molecule has 0 aromatic carbocycles. The van der Waals surface area contributed by atoms with E-state index in [2.05, 4.69) is 118 Å². The van der Waals surface area contributed by atoms with Gasteiger partial charge in [0.2, 0.25) is 0 Å². The highest BCUT2D eigenvalue weighted by molar-refractivity contribution is 5.71. The summed E-state index contributed by atoms with van der Waals surface area (Å²) in [4.78, 5) is 37.8. The number of hydrogen-bond acceptors (Lipinski definition) is 6. The molecule has 0 aliphatic heterocycles. The van der Waals surface area contributed by atoms with Crippen molar-refractivity contribution in [3.8, 4) is 0 Å². The Hall–Kier alpha value is -3.93. The van der Waals surface area contributed by atoms with Crippen LogP contribution in [0, 0.1) is 0 Å². The molecule has 1 atom stereocenters. The molecule has 6 heteroatoms. The van der Waals surface area contributed by atoms with Crippen molar-refractivity contribution in [2.45, 2.75) is 213 Å². The normalized spacial score (nSPS) is 13.0. The first-order valence-electron chi connectivity index (χ1n) is 24.9. The second kappa shape index (κ2) is 49.7. The number of allylic oxidation sites excluding steroid dienone is 18. The Morgan fingerprint density at radius 1 is 0.339 bits per heavy atom. The van der Waals surface area contributed by atoms with Crippen LogP contribution in [0.1, 0.15) is 207 Å². The maximum absolute atomic E-state index is 12.8. The molecule has 0 N–H and O–H groups in total. The van der Waals surface area contributed by atoms with E-state index in [1.807, 2.05) is 12.2 Å². The van der Waals surface area contributed by atoms with Gasteiger partial charge in [0.05, 0.1) is 0 Å². The molecule has 0 heterocycles. The lowest BCUT2D eigenvalue weighted by atomic mass is 10.1. The second-order valence-electron chi connectivity index (χ2n) is 16.0. The van der Waals surface area contributed by atoms with Crippen LogP contribution in [0.4, 0.5) is 0 Å². The van der Waals surface area contributed by atoms with Crippen molar-refractivity contribution in [1.82, 2.24) is 0 Å². The standard InChI is InChI=1S/C56H90O6/c1-4-7-10-13-16-19-21-23-25-27-28-29-31-32-34-37-40-43-46-49-55(58)61-52-53(51-60-54(57)48-45-42-39-36-18-15-12-9-6-3)62-56(59)50-47-44-41-38-35-33-30-26-24-22-20-17-14-11-8-5-2/h7-8,10-11,16-17,19-20,23-26,28-29,32,34,40,43,53H,4-6,9,12-15,18,21-22,27,30-31,33,35-39,41-42,44-52H2,1-3H3/b10-7-,11-8-,19-16-,20-17-,25-23-,26-24-,29-28-,34-32-,43-40-. The first kappa shape index (κ1) is 58.1. The molecule has 0 amide bonds. The van der Waals surface area contributed by atoms with Crippen molar-refractivity contribution in [3.63, 3.8) is 0 Å². The Labute approximate surface area is 380 Å². The molecule has 0 radical (unpaired) electrons. The van der Waals surface area contributed by atoms with Crippen molar-refractivity contribution < 1.29 is 28.6 Å². The quantitative estimate of drug-likeness (QED) is 0.0263. The largest absolute Gasteiger partial charge is 0.462 e. The lowest BCUT2D eigenvalue weighted by molar-refractivity contribution is -0.166. The molecular formula is C56H90O6. The Bertz CT molecular complexity index is 1310. The number of carbonyl (C=O) groups excluding carboxylic acids is 3. The molecule has 0 aromatic heterocycles. The first-order chi connectivity index (χ1) is 30.5. The summed E-state index contributed by atoms with van der Waals surface area (Å²) < 4.78 is 16.7. The number of rotatable bonds is 43. The van der Waals surface area contributed by atoms with Crippen molar-refractivity contribution in [1.29, 1.82) is 0 Å². The van der Waals surface area contributed by atoms with Crippen molar-refractivity contribution in [2.75, 3.05) is 13.2 Å². The van der Waals surface area contributed by atoms with Gasteiger partial charge in [-0.1, -0.05) is 207 Å². The molecule has 0 fully saturated rings. The van der Waals surface area contributed by atoms with E-state index in [1.165, 1.54) is 51.4 Å². The van der Waals surface area contributed by atoms with Crippen molar-refractivity contribution in [2.24, 2.45) is 0 Å². The predicted octanol–water partition coefficient (Wildman–Crippen LogP) is 16.4. The molecule has 0 bridgehead atoms. The summed E-state index contributed by atoms with van der Waals surface area (Å²) >= 11 is 0. The average Bonchev–Trinajstić information content (AvgIpc) is 3.27. The summed E-state index contributed by atoms with van der Waals surface area (Å²) in [5.41, 5.74) is 0. The molecule has 6 nitrogen and oxygen atoms in total. The Kier molecular flexibility index (Phi) is 46.6. The summed E-state index contributed by atoms with van der Waals surface area (Å²) in [6.45, 7) is 6.30.